The van der Waals surface area contributed by atoms with Crippen LogP contribution in [0.25, 0.3) is 0 Å². The molecule has 0 aliphatic heterocycles. The van der Waals surface area contributed by atoms with E-state index in [9.17, 15) is 4.79 Å². The number of ether oxygens (including phenoxy) is 1. The molecular weight excluding hydrogens is 300 g/mol. The molecule has 0 bridgehead atoms. The number of unbranched alkanes of at least 4 members (excludes halogenated alkanes) is 2. The van der Waals surface area contributed by atoms with Crippen LogP contribution in [0.3, 0.4) is 0 Å². The number of carbonyl (C=O) groups is 1. The number of benzene rings is 2. The first-order valence-electron chi connectivity index (χ1n) is 8.23. The second-order valence-electron chi connectivity index (χ2n) is 5.57. The van der Waals surface area contributed by atoms with Gasteiger partial charge in [0.25, 0.3) is 5.91 Å². The summed E-state index contributed by atoms with van der Waals surface area (Å²) in [7, 11) is 0. The Morgan fingerprint density at radius 3 is 2.42 bits per heavy atom. The van der Waals surface area contributed by atoms with E-state index in [1.165, 1.54) is 6.42 Å². The van der Waals surface area contributed by atoms with Crippen molar-refractivity contribution in [2.45, 2.75) is 32.6 Å². The molecule has 0 heterocycles. The van der Waals surface area contributed by atoms with Gasteiger partial charge in [-0.05, 0) is 48.4 Å². The molecule has 4 heteroatoms. The minimum Gasteiger partial charge on any atom is -0.494 e. The van der Waals surface area contributed by atoms with Crippen molar-refractivity contribution in [1.29, 1.82) is 5.26 Å². The monoisotopic (exact) mass is 322 g/mol. The third-order valence-electron chi connectivity index (χ3n) is 3.63. The molecule has 2 aromatic carbocycles. The number of hydrogen-bond donors (Lipinski definition) is 1. The van der Waals surface area contributed by atoms with E-state index in [-0.39, 0.29) is 5.91 Å². The van der Waals surface area contributed by atoms with Crippen molar-refractivity contribution in [3.05, 3.63) is 59.7 Å². The van der Waals surface area contributed by atoms with Gasteiger partial charge in [-0.15, -0.1) is 0 Å². The Hall–Kier alpha value is -2.80. The predicted octanol–water partition coefficient (Wildman–Crippen LogP) is 4.57. The van der Waals surface area contributed by atoms with Crippen molar-refractivity contribution in [1.82, 2.24) is 0 Å². The highest BCUT2D eigenvalue weighted by atomic mass is 16.5. The summed E-state index contributed by atoms with van der Waals surface area (Å²) in [4.78, 5) is 12.2. The molecule has 4 nitrogen and oxygen atoms in total. The van der Waals surface area contributed by atoms with Gasteiger partial charge in [0.15, 0.2) is 0 Å². The molecule has 0 saturated heterocycles. The number of anilines is 1. The molecule has 0 aliphatic carbocycles. The summed E-state index contributed by atoms with van der Waals surface area (Å²) in [5, 5.41) is 11.5. The van der Waals surface area contributed by atoms with Crippen LogP contribution in [0, 0.1) is 11.3 Å². The number of rotatable bonds is 8. The Kier molecular flexibility index (Phi) is 6.85. The smallest absolute Gasteiger partial charge is 0.255 e. The standard InChI is InChI=1S/C20H22N2O2/c1-2-3-4-15-24-19-11-7-17(8-12-19)20(23)22-18-9-5-16(6-10-18)13-14-21/h5-12H,2-4,13,15H2,1H3,(H,22,23). The molecule has 24 heavy (non-hydrogen) atoms. The minimum atomic E-state index is -0.166. The van der Waals surface area contributed by atoms with Gasteiger partial charge >= 0.3 is 0 Å². The summed E-state index contributed by atoms with van der Waals surface area (Å²) in [6.07, 6.45) is 3.74. The first-order valence-corrected chi connectivity index (χ1v) is 8.23. The zero-order valence-corrected chi connectivity index (χ0v) is 13.9. The summed E-state index contributed by atoms with van der Waals surface area (Å²) in [6, 6.07) is 16.5. The Balaban J connectivity index is 1.89. The molecule has 2 rings (SSSR count). The van der Waals surface area contributed by atoms with Crippen molar-refractivity contribution < 1.29 is 9.53 Å². The lowest BCUT2D eigenvalue weighted by Gasteiger charge is -2.08. The van der Waals surface area contributed by atoms with Gasteiger partial charge in [-0.1, -0.05) is 31.9 Å². The fourth-order valence-corrected chi connectivity index (χ4v) is 2.25. The summed E-state index contributed by atoms with van der Waals surface area (Å²) < 4.78 is 5.64. The van der Waals surface area contributed by atoms with Gasteiger partial charge in [-0.3, -0.25) is 4.79 Å². The Morgan fingerprint density at radius 1 is 1.08 bits per heavy atom. The SMILES string of the molecule is CCCCCOc1ccc(C(=O)Nc2ccc(CC#N)cc2)cc1. The summed E-state index contributed by atoms with van der Waals surface area (Å²) in [6.45, 7) is 2.86. The van der Waals surface area contributed by atoms with Crippen LogP contribution in [0.15, 0.2) is 48.5 Å². The minimum absolute atomic E-state index is 0.166. The van der Waals surface area contributed by atoms with Crippen LogP contribution in [-0.2, 0) is 6.42 Å². The van der Waals surface area contributed by atoms with Gasteiger partial charge < -0.3 is 10.1 Å². The van der Waals surface area contributed by atoms with E-state index < -0.39 is 0 Å². The largest absolute Gasteiger partial charge is 0.494 e. The van der Waals surface area contributed by atoms with Crippen molar-refractivity contribution in [2.75, 3.05) is 11.9 Å². The maximum absolute atomic E-state index is 12.2. The molecule has 0 fully saturated rings. The number of hydrogen-bond acceptors (Lipinski definition) is 3. The van der Waals surface area contributed by atoms with Gasteiger partial charge in [-0.25, -0.2) is 0 Å². The van der Waals surface area contributed by atoms with Crippen LogP contribution < -0.4 is 10.1 Å². The summed E-state index contributed by atoms with van der Waals surface area (Å²) >= 11 is 0. The van der Waals surface area contributed by atoms with Crippen molar-refractivity contribution in [3.8, 4) is 11.8 Å². The van der Waals surface area contributed by atoms with E-state index in [4.69, 9.17) is 10.00 Å². The first-order chi connectivity index (χ1) is 11.7. The lowest BCUT2D eigenvalue weighted by molar-refractivity contribution is 0.102. The van der Waals surface area contributed by atoms with Crippen LogP contribution in [0.2, 0.25) is 0 Å². The molecule has 1 N–H and O–H groups in total. The number of amides is 1. The van der Waals surface area contributed by atoms with Gasteiger partial charge in [-0.2, -0.15) is 5.26 Å². The van der Waals surface area contributed by atoms with Crippen LogP contribution in [0.5, 0.6) is 5.75 Å². The molecule has 0 unspecified atom stereocenters. The summed E-state index contributed by atoms with van der Waals surface area (Å²) in [5.74, 6) is 0.615. The van der Waals surface area contributed by atoms with Gasteiger partial charge in [0, 0.05) is 11.3 Å². The normalized spacial score (nSPS) is 10.0. The Bertz CT molecular complexity index is 685. The second-order valence-corrected chi connectivity index (χ2v) is 5.57. The van der Waals surface area contributed by atoms with E-state index in [1.54, 1.807) is 24.3 Å². The molecule has 0 spiro atoms. The quantitative estimate of drug-likeness (QED) is 0.724. The van der Waals surface area contributed by atoms with Crippen LogP contribution >= 0.6 is 0 Å². The number of nitrogens with one attached hydrogen (secondary N) is 1. The molecule has 0 aromatic heterocycles. The van der Waals surface area contributed by atoms with Crippen LogP contribution in [0.4, 0.5) is 5.69 Å². The third kappa shape index (κ3) is 5.44. The molecule has 0 aliphatic rings. The Morgan fingerprint density at radius 2 is 1.79 bits per heavy atom. The van der Waals surface area contributed by atoms with Gasteiger partial charge in [0.1, 0.15) is 5.75 Å². The Labute approximate surface area is 143 Å². The molecular formula is C20H22N2O2. The maximum atomic E-state index is 12.2. The lowest BCUT2D eigenvalue weighted by Crippen LogP contribution is -2.11. The first kappa shape index (κ1) is 17.6. The van der Waals surface area contributed by atoms with Crippen LogP contribution in [0.1, 0.15) is 42.1 Å². The molecule has 0 radical (unpaired) electrons. The van der Waals surface area contributed by atoms with Crippen molar-refractivity contribution in [3.63, 3.8) is 0 Å². The molecule has 0 atom stereocenters. The van der Waals surface area contributed by atoms with Gasteiger partial charge in [0.2, 0.25) is 0 Å². The maximum Gasteiger partial charge on any atom is 0.255 e. The van der Waals surface area contributed by atoms with E-state index in [0.717, 1.165) is 24.2 Å². The van der Waals surface area contributed by atoms with Gasteiger partial charge in [0.05, 0.1) is 19.1 Å². The van der Waals surface area contributed by atoms with E-state index in [2.05, 4.69) is 18.3 Å². The second kappa shape index (κ2) is 9.36. The predicted molar refractivity (Wildman–Crippen MR) is 95.2 cm³/mol. The van der Waals surface area contributed by atoms with Crippen molar-refractivity contribution in [2.24, 2.45) is 0 Å². The average Bonchev–Trinajstić information content (AvgIpc) is 2.61. The fourth-order valence-electron chi connectivity index (χ4n) is 2.25. The van der Waals surface area contributed by atoms with E-state index >= 15 is 0 Å². The fraction of sp³-hybridized carbons (Fsp3) is 0.300. The lowest BCUT2D eigenvalue weighted by atomic mass is 10.1. The van der Waals surface area contributed by atoms with Crippen LogP contribution in [-0.4, -0.2) is 12.5 Å². The average molecular weight is 322 g/mol. The molecule has 124 valence electrons. The van der Waals surface area contributed by atoms with Crippen molar-refractivity contribution >= 4 is 11.6 Å². The highest BCUT2D eigenvalue weighted by Gasteiger charge is 2.06. The topological polar surface area (TPSA) is 62.1 Å². The number of nitrogens with zero attached hydrogens (tertiary/aromatic N) is 1. The zero-order chi connectivity index (χ0) is 17.2. The third-order valence-corrected chi connectivity index (χ3v) is 3.63. The van der Waals surface area contributed by atoms with E-state index in [0.29, 0.717) is 24.3 Å². The number of carbonyl (C=O) groups excluding carboxylic acids is 1. The highest BCUT2D eigenvalue weighted by Crippen LogP contribution is 2.15. The summed E-state index contributed by atoms with van der Waals surface area (Å²) in [5.41, 5.74) is 2.22. The molecule has 0 saturated carbocycles. The van der Waals surface area contributed by atoms with E-state index in [1.807, 2.05) is 24.3 Å². The highest BCUT2D eigenvalue weighted by molar-refractivity contribution is 6.04. The molecule has 2 aromatic rings. The zero-order valence-electron chi connectivity index (χ0n) is 13.9. The molecule has 1 amide bonds. The number of nitriles is 1.